The molecule has 8 nitrogen and oxygen atoms in total. The molecule has 3 aromatic rings. The fourth-order valence-corrected chi connectivity index (χ4v) is 2.22. The lowest BCUT2D eigenvalue weighted by Crippen LogP contribution is -2.37. The van der Waals surface area contributed by atoms with Crippen LogP contribution in [0.15, 0.2) is 24.3 Å². The molecule has 0 amide bonds. The Morgan fingerprint density at radius 2 is 2.00 bits per heavy atom. The number of aromatic nitrogens is 4. The number of nitrogens with two attached hydrogens (primary N) is 1. The minimum atomic E-state index is -0.113. The number of anilines is 1. The molecular weight excluding hydrogens is 274 g/mol. The van der Waals surface area contributed by atoms with Crippen LogP contribution in [0.4, 0.5) is 5.95 Å². The number of rotatable bonds is 3. The van der Waals surface area contributed by atoms with Crippen LogP contribution in [0, 0.1) is 0 Å². The van der Waals surface area contributed by atoms with Gasteiger partial charge in [-0.1, -0.05) is 12.1 Å². The van der Waals surface area contributed by atoms with Crippen molar-refractivity contribution in [2.24, 2.45) is 0 Å². The first kappa shape index (κ1) is 13.0. The highest BCUT2D eigenvalue weighted by Gasteiger charge is 2.26. The van der Waals surface area contributed by atoms with E-state index in [1.807, 2.05) is 24.3 Å². The van der Waals surface area contributed by atoms with Crippen LogP contribution in [0.3, 0.4) is 0 Å². The maximum Gasteiger partial charge on any atom is 0.431 e. The molecule has 0 spiro atoms. The lowest BCUT2D eigenvalue weighted by Gasteiger charge is -2.07. The molecule has 0 aliphatic heterocycles. The van der Waals surface area contributed by atoms with Gasteiger partial charge in [0.1, 0.15) is 11.1 Å². The zero-order valence-corrected chi connectivity index (χ0v) is 11.5. The molecule has 0 unspecified atom stereocenters. The van der Waals surface area contributed by atoms with Gasteiger partial charge in [-0.15, -0.1) is 5.10 Å². The van der Waals surface area contributed by atoms with Crippen molar-refractivity contribution in [3.05, 3.63) is 24.3 Å². The van der Waals surface area contributed by atoms with Crippen molar-refractivity contribution < 1.29 is 19.4 Å². The highest BCUT2D eigenvalue weighted by molar-refractivity contribution is 5.95. The zero-order valence-electron chi connectivity index (χ0n) is 11.5. The van der Waals surface area contributed by atoms with E-state index in [0.717, 1.165) is 5.56 Å². The smallest absolute Gasteiger partial charge is 0.431 e. The molecule has 0 bridgehead atoms. The molecule has 0 atom stereocenters. The summed E-state index contributed by atoms with van der Waals surface area (Å²) in [7, 11) is 3.01. The Hall–Kier alpha value is -3.03. The van der Waals surface area contributed by atoms with Gasteiger partial charge in [0, 0.05) is 5.56 Å². The number of nitrogen functional groups attached to an aromatic ring is 1. The third-order valence-electron chi connectivity index (χ3n) is 3.16. The van der Waals surface area contributed by atoms with Gasteiger partial charge in [-0.05, 0) is 21.8 Å². The fraction of sp³-hybridized carbons (Fsp3) is 0.154. The molecule has 21 heavy (non-hydrogen) atoms. The third kappa shape index (κ3) is 1.88. The predicted octanol–water partition coefficient (Wildman–Crippen LogP) is 0.749. The first-order valence-corrected chi connectivity index (χ1v) is 6.13. The van der Waals surface area contributed by atoms with E-state index < -0.39 is 0 Å². The van der Waals surface area contributed by atoms with Crippen LogP contribution in [-0.4, -0.2) is 34.6 Å². The number of benzene rings is 1. The minimum absolute atomic E-state index is 0.113. The Morgan fingerprint density at radius 3 is 2.71 bits per heavy atom. The van der Waals surface area contributed by atoms with E-state index in [-0.39, 0.29) is 11.8 Å². The van der Waals surface area contributed by atoms with Crippen molar-refractivity contribution >= 4 is 17.0 Å². The van der Waals surface area contributed by atoms with Gasteiger partial charge in [0.2, 0.25) is 0 Å². The number of ether oxygens (including phenoxy) is 2. The molecule has 3 rings (SSSR count). The van der Waals surface area contributed by atoms with Gasteiger partial charge in [-0.2, -0.15) is 0 Å². The molecule has 108 valence electrons. The predicted molar refractivity (Wildman–Crippen MR) is 74.2 cm³/mol. The molecule has 2 heterocycles. The van der Waals surface area contributed by atoms with Gasteiger partial charge >= 0.3 is 11.8 Å². The standard InChI is InChI=1S/C13H13N5O3/c1-20-8-6-4-3-5-7(8)10-9-11(17-16-10)15-13(14)18(19)12(9)21-2/h3-6,19H,1-2H3,(H2,14,15,17)/p+1. The number of para-hydroxylation sites is 1. The largest absolute Gasteiger partial charge is 0.496 e. The summed E-state index contributed by atoms with van der Waals surface area (Å²) in [6, 6.07) is 7.42. The molecule has 1 aromatic carbocycles. The SMILES string of the molecule is COc1ccccc1-c1[nH]nc2nc(N)[n+](O)c(OC)c12. The van der Waals surface area contributed by atoms with E-state index in [2.05, 4.69) is 15.2 Å². The first-order valence-electron chi connectivity index (χ1n) is 6.13. The van der Waals surface area contributed by atoms with E-state index in [1.54, 1.807) is 7.11 Å². The molecule has 4 N–H and O–H groups in total. The quantitative estimate of drug-likeness (QED) is 0.484. The van der Waals surface area contributed by atoms with Gasteiger partial charge in [0.05, 0.1) is 19.9 Å². The van der Waals surface area contributed by atoms with Crippen molar-refractivity contribution in [2.45, 2.75) is 0 Å². The topological polar surface area (TPSA) is 110 Å². The number of fused-ring (bicyclic) bond motifs is 1. The molecule has 8 heteroatoms. The molecule has 0 aliphatic carbocycles. The van der Waals surface area contributed by atoms with Crippen LogP contribution >= 0.6 is 0 Å². The summed E-state index contributed by atoms with van der Waals surface area (Å²) in [5, 5.41) is 17.4. The summed E-state index contributed by atoms with van der Waals surface area (Å²) < 4.78 is 11.2. The molecule has 0 saturated carbocycles. The van der Waals surface area contributed by atoms with Crippen LogP contribution in [0.5, 0.6) is 11.6 Å². The molecule has 0 aliphatic rings. The monoisotopic (exact) mass is 288 g/mol. The molecule has 2 aromatic heterocycles. The Morgan fingerprint density at radius 1 is 1.24 bits per heavy atom. The maximum atomic E-state index is 9.94. The molecule has 0 fully saturated rings. The maximum absolute atomic E-state index is 9.94. The number of hydrogen-bond donors (Lipinski definition) is 3. The summed E-state index contributed by atoms with van der Waals surface area (Å²) in [6.07, 6.45) is 0. The van der Waals surface area contributed by atoms with Crippen molar-refractivity contribution in [1.82, 2.24) is 15.2 Å². The average molecular weight is 288 g/mol. The Bertz CT molecular complexity index is 815. The highest BCUT2D eigenvalue weighted by Crippen LogP contribution is 2.35. The lowest BCUT2D eigenvalue weighted by atomic mass is 10.1. The number of nitrogens with zero attached hydrogens (tertiary/aromatic N) is 3. The first-order chi connectivity index (χ1) is 10.2. The number of nitrogens with one attached hydrogen (secondary N) is 1. The van der Waals surface area contributed by atoms with E-state index in [0.29, 0.717) is 27.2 Å². The van der Waals surface area contributed by atoms with Gasteiger partial charge in [-0.3, -0.25) is 10.8 Å². The van der Waals surface area contributed by atoms with Gasteiger partial charge in [0.25, 0.3) is 5.65 Å². The van der Waals surface area contributed by atoms with Gasteiger partial charge in [0.15, 0.2) is 0 Å². The summed E-state index contributed by atoms with van der Waals surface area (Å²) in [4.78, 5) is 4.01. The van der Waals surface area contributed by atoms with Crippen molar-refractivity contribution in [3.8, 4) is 22.9 Å². The van der Waals surface area contributed by atoms with Gasteiger partial charge in [-0.25, -0.2) is 0 Å². The second kappa shape index (κ2) is 4.82. The Kier molecular flexibility index (Phi) is 2.98. The second-order valence-corrected chi connectivity index (χ2v) is 4.29. The summed E-state index contributed by atoms with van der Waals surface area (Å²) in [5.74, 6) is 0.691. The van der Waals surface area contributed by atoms with E-state index >= 15 is 0 Å². The number of aromatic amines is 1. The summed E-state index contributed by atoms with van der Waals surface area (Å²) >= 11 is 0. The fourth-order valence-electron chi connectivity index (χ4n) is 2.22. The average Bonchev–Trinajstić information content (AvgIpc) is 2.91. The minimum Gasteiger partial charge on any atom is -0.496 e. The zero-order chi connectivity index (χ0) is 15.0. The van der Waals surface area contributed by atoms with Crippen LogP contribution in [0.1, 0.15) is 0 Å². The van der Waals surface area contributed by atoms with E-state index in [1.165, 1.54) is 7.11 Å². The van der Waals surface area contributed by atoms with Gasteiger partial charge < -0.3 is 14.7 Å². The van der Waals surface area contributed by atoms with Crippen LogP contribution in [0.25, 0.3) is 22.3 Å². The molecular formula is C13H14N5O3+. The van der Waals surface area contributed by atoms with Crippen molar-refractivity contribution in [3.63, 3.8) is 0 Å². The molecule has 0 radical (unpaired) electrons. The van der Waals surface area contributed by atoms with E-state index in [4.69, 9.17) is 15.2 Å². The number of methoxy groups -OCH3 is 2. The Balaban J connectivity index is 2.37. The number of hydrogen-bond acceptors (Lipinski definition) is 6. The highest BCUT2D eigenvalue weighted by atomic mass is 16.5. The second-order valence-electron chi connectivity index (χ2n) is 4.29. The van der Waals surface area contributed by atoms with E-state index in [9.17, 15) is 5.21 Å². The Labute approximate surface area is 119 Å². The normalized spacial score (nSPS) is 10.8. The lowest BCUT2D eigenvalue weighted by molar-refractivity contribution is -0.895. The summed E-state index contributed by atoms with van der Waals surface area (Å²) in [6.45, 7) is 0. The third-order valence-corrected chi connectivity index (χ3v) is 3.16. The van der Waals surface area contributed by atoms with Crippen LogP contribution in [0.2, 0.25) is 0 Å². The van der Waals surface area contributed by atoms with Crippen LogP contribution < -0.4 is 19.9 Å². The number of H-pyrrole nitrogens is 1. The van der Waals surface area contributed by atoms with Crippen molar-refractivity contribution in [1.29, 1.82) is 0 Å². The summed E-state index contributed by atoms with van der Waals surface area (Å²) in [5.41, 5.74) is 7.34. The van der Waals surface area contributed by atoms with Crippen molar-refractivity contribution in [2.75, 3.05) is 20.0 Å². The molecule has 0 saturated heterocycles. The van der Waals surface area contributed by atoms with Crippen LogP contribution in [-0.2, 0) is 0 Å².